The number of allylic oxidation sites excluding steroid dienone is 1. The SMILES string of the molecule is COc1ccc2c(c1)CCC1CCN(C)CC(CC(C)=O)=C21. The third-order valence-electron chi connectivity index (χ3n) is 4.94. The Hall–Kier alpha value is -1.61. The second-order valence-corrected chi connectivity index (χ2v) is 6.68. The van der Waals surface area contributed by atoms with Gasteiger partial charge in [0.2, 0.25) is 0 Å². The normalized spacial score (nSPS) is 21.9. The van der Waals surface area contributed by atoms with E-state index in [9.17, 15) is 4.79 Å². The van der Waals surface area contributed by atoms with Crippen LogP contribution in [0.3, 0.4) is 0 Å². The van der Waals surface area contributed by atoms with Gasteiger partial charge in [0.1, 0.15) is 11.5 Å². The van der Waals surface area contributed by atoms with Crippen LogP contribution in [0.4, 0.5) is 0 Å². The minimum Gasteiger partial charge on any atom is -0.497 e. The van der Waals surface area contributed by atoms with Crippen LogP contribution in [0.25, 0.3) is 5.57 Å². The smallest absolute Gasteiger partial charge is 0.133 e. The maximum atomic E-state index is 11.7. The first-order chi connectivity index (χ1) is 10.6. The Bertz CT molecular complexity index is 618. The number of ketones is 1. The molecule has 3 heteroatoms. The highest BCUT2D eigenvalue weighted by Crippen LogP contribution is 2.42. The molecule has 118 valence electrons. The fourth-order valence-electron chi connectivity index (χ4n) is 3.95. The van der Waals surface area contributed by atoms with Gasteiger partial charge >= 0.3 is 0 Å². The first-order valence-corrected chi connectivity index (χ1v) is 8.15. The van der Waals surface area contributed by atoms with Gasteiger partial charge in [0, 0.05) is 13.0 Å². The molecule has 0 bridgehead atoms. The van der Waals surface area contributed by atoms with E-state index in [-0.39, 0.29) is 5.78 Å². The van der Waals surface area contributed by atoms with Gasteiger partial charge in [0.25, 0.3) is 0 Å². The molecule has 1 aromatic rings. The summed E-state index contributed by atoms with van der Waals surface area (Å²) in [7, 11) is 3.88. The molecular weight excluding hydrogens is 274 g/mol. The summed E-state index contributed by atoms with van der Waals surface area (Å²) in [6, 6.07) is 6.41. The van der Waals surface area contributed by atoms with Crippen LogP contribution in [-0.2, 0) is 11.2 Å². The van der Waals surface area contributed by atoms with Crippen LogP contribution in [0, 0.1) is 5.92 Å². The van der Waals surface area contributed by atoms with E-state index in [2.05, 4.69) is 24.1 Å². The van der Waals surface area contributed by atoms with Gasteiger partial charge in [-0.05, 0) is 80.1 Å². The minimum atomic E-state index is 0.261. The number of aryl methyl sites for hydroxylation is 1. The van der Waals surface area contributed by atoms with Crippen LogP contribution < -0.4 is 4.74 Å². The number of hydrogen-bond acceptors (Lipinski definition) is 3. The first-order valence-electron chi connectivity index (χ1n) is 8.15. The second kappa shape index (κ2) is 6.25. The van der Waals surface area contributed by atoms with Gasteiger partial charge in [-0.25, -0.2) is 0 Å². The van der Waals surface area contributed by atoms with E-state index in [0.29, 0.717) is 12.3 Å². The molecule has 0 aromatic heterocycles. The third kappa shape index (κ3) is 2.95. The molecule has 0 amide bonds. The Morgan fingerprint density at radius 3 is 2.91 bits per heavy atom. The lowest BCUT2D eigenvalue weighted by atomic mass is 9.75. The van der Waals surface area contributed by atoms with Crippen molar-refractivity contribution in [2.75, 3.05) is 27.2 Å². The van der Waals surface area contributed by atoms with Crippen LogP contribution in [0.1, 0.15) is 37.3 Å². The molecule has 3 rings (SSSR count). The predicted molar refractivity (Wildman–Crippen MR) is 89.1 cm³/mol. The van der Waals surface area contributed by atoms with Crippen LogP contribution in [-0.4, -0.2) is 37.9 Å². The minimum absolute atomic E-state index is 0.261. The predicted octanol–water partition coefficient (Wildman–Crippen LogP) is 3.33. The molecule has 1 heterocycles. The lowest BCUT2D eigenvalue weighted by Crippen LogP contribution is -2.21. The zero-order chi connectivity index (χ0) is 15.7. The summed E-state index contributed by atoms with van der Waals surface area (Å²) in [6.07, 6.45) is 4.07. The highest BCUT2D eigenvalue weighted by atomic mass is 16.5. The van der Waals surface area contributed by atoms with Crippen molar-refractivity contribution in [3.63, 3.8) is 0 Å². The van der Waals surface area contributed by atoms with Crippen molar-refractivity contribution in [3.05, 3.63) is 34.9 Å². The molecule has 0 radical (unpaired) electrons. The van der Waals surface area contributed by atoms with E-state index in [1.165, 1.54) is 35.1 Å². The fourth-order valence-corrected chi connectivity index (χ4v) is 3.95. The summed E-state index contributed by atoms with van der Waals surface area (Å²) >= 11 is 0. The summed E-state index contributed by atoms with van der Waals surface area (Å²) in [6.45, 7) is 3.73. The molecule has 0 N–H and O–H groups in total. The summed E-state index contributed by atoms with van der Waals surface area (Å²) < 4.78 is 5.37. The van der Waals surface area contributed by atoms with Crippen LogP contribution in [0.2, 0.25) is 0 Å². The Labute approximate surface area is 133 Å². The molecule has 1 atom stereocenters. The lowest BCUT2D eigenvalue weighted by molar-refractivity contribution is -0.116. The van der Waals surface area contributed by atoms with Crippen LogP contribution in [0.15, 0.2) is 23.8 Å². The zero-order valence-electron chi connectivity index (χ0n) is 13.8. The maximum Gasteiger partial charge on any atom is 0.133 e. The highest BCUT2D eigenvalue weighted by molar-refractivity contribution is 5.84. The largest absolute Gasteiger partial charge is 0.497 e. The zero-order valence-corrected chi connectivity index (χ0v) is 13.8. The molecule has 2 aliphatic rings. The molecule has 0 fully saturated rings. The Morgan fingerprint density at radius 1 is 1.36 bits per heavy atom. The molecule has 3 nitrogen and oxygen atoms in total. The van der Waals surface area contributed by atoms with Gasteiger partial charge in [-0.1, -0.05) is 6.07 Å². The van der Waals surface area contributed by atoms with Crippen LogP contribution in [0.5, 0.6) is 5.75 Å². The quantitative estimate of drug-likeness (QED) is 0.857. The summed E-state index contributed by atoms with van der Waals surface area (Å²) in [4.78, 5) is 14.1. The number of carbonyl (C=O) groups is 1. The molecule has 0 saturated heterocycles. The molecule has 1 aliphatic heterocycles. The van der Waals surface area contributed by atoms with Crippen molar-refractivity contribution >= 4 is 11.4 Å². The van der Waals surface area contributed by atoms with Gasteiger partial charge in [-0.2, -0.15) is 0 Å². The number of carbonyl (C=O) groups excluding carboxylic acids is 1. The molecule has 1 aliphatic carbocycles. The number of rotatable bonds is 3. The molecule has 22 heavy (non-hydrogen) atoms. The standard InChI is InChI=1S/C19H25NO2/c1-13(21)10-16-12-20(2)9-8-14-4-5-15-11-17(22-3)6-7-18(15)19(14)16/h6-7,11,14H,4-5,8-10,12H2,1-3H3. The molecule has 1 unspecified atom stereocenters. The van der Waals surface area contributed by atoms with Gasteiger partial charge in [0.05, 0.1) is 7.11 Å². The van der Waals surface area contributed by atoms with E-state index < -0.39 is 0 Å². The van der Waals surface area contributed by atoms with Crippen molar-refractivity contribution < 1.29 is 9.53 Å². The molecule has 0 spiro atoms. The Balaban J connectivity index is 2.11. The van der Waals surface area contributed by atoms with Crippen molar-refractivity contribution in [1.82, 2.24) is 4.90 Å². The van der Waals surface area contributed by atoms with Crippen molar-refractivity contribution in [1.29, 1.82) is 0 Å². The average molecular weight is 299 g/mol. The topological polar surface area (TPSA) is 29.5 Å². The number of nitrogens with zero attached hydrogens (tertiary/aromatic N) is 1. The summed E-state index contributed by atoms with van der Waals surface area (Å²) in [5, 5.41) is 0. The van der Waals surface area contributed by atoms with E-state index in [4.69, 9.17) is 4.74 Å². The lowest BCUT2D eigenvalue weighted by Gasteiger charge is -2.29. The molecule has 0 saturated carbocycles. The average Bonchev–Trinajstić information content (AvgIpc) is 2.65. The van der Waals surface area contributed by atoms with Crippen molar-refractivity contribution in [3.8, 4) is 5.75 Å². The number of hydrogen-bond donors (Lipinski definition) is 0. The number of fused-ring (bicyclic) bond motifs is 3. The summed E-state index contributed by atoms with van der Waals surface area (Å²) in [5.41, 5.74) is 5.49. The third-order valence-corrected chi connectivity index (χ3v) is 4.94. The Morgan fingerprint density at radius 2 is 2.18 bits per heavy atom. The van der Waals surface area contributed by atoms with Crippen molar-refractivity contribution in [2.45, 2.75) is 32.6 Å². The maximum absolute atomic E-state index is 11.7. The second-order valence-electron chi connectivity index (χ2n) is 6.68. The fraction of sp³-hybridized carbons (Fsp3) is 0.526. The Kier molecular flexibility index (Phi) is 4.34. The van der Waals surface area contributed by atoms with Gasteiger partial charge in [0.15, 0.2) is 0 Å². The number of benzene rings is 1. The van der Waals surface area contributed by atoms with E-state index >= 15 is 0 Å². The van der Waals surface area contributed by atoms with Gasteiger partial charge in [-0.15, -0.1) is 0 Å². The van der Waals surface area contributed by atoms with E-state index in [0.717, 1.165) is 25.3 Å². The number of Topliss-reactive ketones (excluding diaryl/α,β-unsaturated/α-hetero) is 1. The van der Waals surface area contributed by atoms with Crippen LogP contribution >= 0.6 is 0 Å². The van der Waals surface area contributed by atoms with E-state index in [1.807, 2.05) is 6.07 Å². The van der Waals surface area contributed by atoms with Crippen molar-refractivity contribution in [2.24, 2.45) is 5.92 Å². The van der Waals surface area contributed by atoms with E-state index in [1.54, 1.807) is 14.0 Å². The van der Waals surface area contributed by atoms with Gasteiger partial charge < -0.3 is 9.64 Å². The molecule has 1 aromatic carbocycles. The monoisotopic (exact) mass is 299 g/mol. The van der Waals surface area contributed by atoms with Gasteiger partial charge in [-0.3, -0.25) is 4.79 Å². The number of methoxy groups -OCH3 is 1. The highest BCUT2D eigenvalue weighted by Gasteiger charge is 2.29. The molecular formula is C19H25NO2. The first kappa shape index (κ1) is 15.3. The number of likely N-dealkylation sites (N-methyl/N-ethyl adjacent to an activating group) is 1. The number of ether oxygens (including phenoxy) is 1. The summed E-state index contributed by atoms with van der Waals surface area (Å²) in [5.74, 6) is 1.79.